The molecule has 4 nitrogen and oxygen atoms in total. The van der Waals surface area contributed by atoms with Gasteiger partial charge in [0.1, 0.15) is 0 Å². The van der Waals surface area contributed by atoms with Gasteiger partial charge >= 0.3 is 0 Å². The van der Waals surface area contributed by atoms with Crippen molar-refractivity contribution in [3.05, 3.63) is 102 Å². The van der Waals surface area contributed by atoms with Crippen molar-refractivity contribution in [1.82, 2.24) is 0 Å². The van der Waals surface area contributed by atoms with Crippen LogP contribution in [0.2, 0.25) is 5.02 Å². The highest BCUT2D eigenvalue weighted by Gasteiger charge is 2.08. The highest BCUT2D eigenvalue weighted by molar-refractivity contribution is 8.00. The Kier molecular flexibility index (Phi) is 7.10. The Balaban J connectivity index is 1.28. The van der Waals surface area contributed by atoms with Gasteiger partial charge in [-0.1, -0.05) is 60.1 Å². The Morgan fingerprint density at radius 1 is 0.750 bits per heavy atom. The van der Waals surface area contributed by atoms with Gasteiger partial charge in [0.2, 0.25) is 11.8 Å². The van der Waals surface area contributed by atoms with Gasteiger partial charge in [0.15, 0.2) is 0 Å². The number of thioether (sulfide) groups is 1. The second-order valence-corrected chi connectivity index (χ2v) is 8.72. The molecule has 0 aliphatic heterocycles. The monoisotopic (exact) mass is 460 g/mol. The number of benzene rings is 4. The minimum absolute atomic E-state index is 0.0632. The second-order valence-electron chi connectivity index (χ2n) is 7.24. The van der Waals surface area contributed by atoms with Gasteiger partial charge in [0.05, 0.1) is 12.2 Å². The van der Waals surface area contributed by atoms with Crippen molar-refractivity contribution in [3.8, 4) is 0 Å². The molecular formula is C26H21ClN2O2S. The number of amides is 2. The fourth-order valence-electron chi connectivity index (χ4n) is 3.30. The average molecular weight is 461 g/mol. The largest absolute Gasteiger partial charge is 0.326 e. The number of nitrogens with one attached hydrogen (secondary N) is 2. The van der Waals surface area contributed by atoms with Gasteiger partial charge in [-0.25, -0.2) is 0 Å². The minimum Gasteiger partial charge on any atom is -0.326 e. The predicted molar refractivity (Wildman–Crippen MR) is 134 cm³/mol. The summed E-state index contributed by atoms with van der Waals surface area (Å²) >= 11 is 7.32. The number of hydrogen-bond acceptors (Lipinski definition) is 3. The lowest BCUT2D eigenvalue weighted by Crippen LogP contribution is -2.14. The van der Waals surface area contributed by atoms with Crippen LogP contribution in [0, 0.1) is 0 Å². The molecule has 160 valence electrons. The third-order valence-electron chi connectivity index (χ3n) is 4.85. The molecule has 6 heteroatoms. The highest BCUT2D eigenvalue weighted by Crippen LogP contribution is 2.24. The van der Waals surface area contributed by atoms with Crippen molar-refractivity contribution in [3.63, 3.8) is 0 Å². The van der Waals surface area contributed by atoms with Crippen LogP contribution in [-0.4, -0.2) is 17.6 Å². The van der Waals surface area contributed by atoms with E-state index in [2.05, 4.69) is 10.6 Å². The van der Waals surface area contributed by atoms with Gasteiger partial charge in [0, 0.05) is 26.7 Å². The standard InChI is InChI=1S/C26H21ClN2O2S/c27-20-10-8-18(9-11-20)16-25(30)28-21-12-14-22(15-13-21)32-17-26(31)29-24-7-3-5-19-4-1-2-6-23(19)24/h1-15H,16-17H2,(H,28,30)(H,29,31). The Bertz CT molecular complexity index is 1240. The van der Waals surface area contributed by atoms with E-state index < -0.39 is 0 Å². The first-order chi connectivity index (χ1) is 15.6. The minimum atomic E-state index is -0.0952. The Hall–Kier alpha value is -3.28. The molecule has 0 radical (unpaired) electrons. The van der Waals surface area contributed by atoms with Crippen molar-refractivity contribution in [2.45, 2.75) is 11.3 Å². The quantitative estimate of drug-likeness (QED) is 0.313. The van der Waals surface area contributed by atoms with Crippen molar-refractivity contribution in [2.75, 3.05) is 16.4 Å². The molecule has 0 aliphatic carbocycles. The molecule has 4 aromatic rings. The van der Waals surface area contributed by atoms with Crippen molar-refractivity contribution in [2.24, 2.45) is 0 Å². The van der Waals surface area contributed by atoms with Crippen LogP contribution in [-0.2, 0) is 16.0 Å². The lowest BCUT2D eigenvalue weighted by atomic mass is 10.1. The summed E-state index contributed by atoms with van der Waals surface area (Å²) in [5.41, 5.74) is 2.43. The first-order valence-corrected chi connectivity index (χ1v) is 11.5. The van der Waals surface area contributed by atoms with Crippen LogP contribution >= 0.6 is 23.4 Å². The number of carbonyl (C=O) groups is 2. The van der Waals surface area contributed by atoms with E-state index >= 15 is 0 Å². The number of anilines is 2. The van der Waals surface area contributed by atoms with Gasteiger partial charge in [-0.05, 0) is 53.4 Å². The third-order valence-corrected chi connectivity index (χ3v) is 6.11. The van der Waals surface area contributed by atoms with E-state index in [0.717, 1.165) is 26.9 Å². The summed E-state index contributed by atoms with van der Waals surface area (Å²) in [6, 6.07) is 28.5. The molecule has 0 aliphatic rings. The van der Waals surface area contributed by atoms with E-state index in [1.807, 2.05) is 78.9 Å². The molecule has 0 atom stereocenters. The molecule has 2 amide bonds. The fourth-order valence-corrected chi connectivity index (χ4v) is 4.12. The van der Waals surface area contributed by atoms with Crippen LogP contribution in [0.5, 0.6) is 0 Å². The fraction of sp³-hybridized carbons (Fsp3) is 0.0769. The van der Waals surface area contributed by atoms with Crippen molar-refractivity contribution in [1.29, 1.82) is 0 Å². The number of hydrogen-bond donors (Lipinski definition) is 2. The topological polar surface area (TPSA) is 58.2 Å². The third kappa shape index (κ3) is 5.90. The van der Waals surface area contributed by atoms with Crippen LogP contribution in [0.4, 0.5) is 11.4 Å². The molecule has 0 saturated heterocycles. The molecule has 0 spiro atoms. The van der Waals surface area contributed by atoms with Crippen LogP contribution in [0.3, 0.4) is 0 Å². The van der Waals surface area contributed by atoms with Gasteiger partial charge in [0.25, 0.3) is 0 Å². The van der Waals surface area contributed by atoms with Crippen LogP contribution < -0.4 is 10.6 Å². The predicted octanol–water partition coefficient (Wildman–Crippen LogP) is 6.41. The summed E-state index contributed by atoms with van der Waals surface area (Å²) in [4.78, 5) is 25.6. The summed E-state index contributed by atoms with van der Waals surface area (Å²) in [5.74, 6) is 0.139. The number of fused-ring (bicyclic) bond motifs is 1. The lowest BCUT2D eigenvalue weighted by molar-refractivity contribution is -0.115. The first kappa shape index (κ1) is 21.9. The van der Waals surface area contributed by atoms with E-state index in [0.29, 0.717) is 16.5 Å². The molecule has 0 heterocycles. The number of halogens is 1. The molecule has 4 aromatic carbocycles. The van der Waals surface area contributed by atoms with Crippen molar-refractivity contribution < 1.29 is 9.59 Å². The normalized spacial score (nSPS) is 10.7. The maximum absolute atomic E-state index is 12.4. The summed E-state index contributed by atoms with van der Waals surface area (Å²) < 4.78 is 0. The van der Waals surface area contributed by atoms with E-state index in [9.17, 15) is 9.59 Å². The van der Waals surface area contributed by atoms with Gasteiger partial charge in [-0.3, -0.25) is 9.59 Å². The summed E-state index contributed by atoms with van der Waals surface area (Å²) in [6.45, 7) is 0. The smallest absolute Gasteiger partial charge is 0.234 e. The van der Waals surface area contributed by atoms with Gasteiger partial charge in [-0.2, -0.15) is 0 Å². The zero-order valence-corrected chi connectivity index (χ0v) is 18.7. The lowest BCUT2D eigenvalue weighted by Gasteiger charge is -2.09. The Morgan fingerprint density at radius 2 is 1.47 bits per heavy atom. The van der Waals surface area contributed by atoms with E-state index in [1.165, 1.54) is 11.8 Å². The Labute approximate surface area is 196 Å². The van der Waals surface area contributed by atoms with Crippen LogP contribution in [0.1, 0.15) is 5.56 Å². The van der Waals surface area contributed by atoms with E-state index in [1.54, 1.807) is 12.1 Å². The zero-order valence-electron chi connectivity index (χ0n) is 17.2. The number of carbonyl (C=O) groups excluding carboxylic acids is 2. The average Bonchev–Trinajstić information content (AvgIpc) is 2.80. The molecule has 2 N–H and O–H groups in total. The summed E-state index contributed by atoms with van der Waals surface area (Å²) in [7, 11) is 0. The van der Waals surface area contributed by atoms with Gasteiger partial charge < -0.3 is 10.6 Å². The van der Waals surface area contributed by atoms with Gasteiger partial charge in [-0.15, -0.1) is 11.8 Å². The SMILES string of the molecule is O=C(Cc1ccc(Cl)cc1)Nc1ccc(SCC(=O)Nc2cccc3ccccc23)cc1. The molecule has 0 saturated carbocycles. The highest BCUT2D eigenvalue weighted by atomic mass is 35.5. The first-order valence-electron chi connectivity index (χ1n) is 10.1. The van der Waals surface area contributed by atoms with Crippen molar-refractivity contribution >= 4 is 57.3 Å². The number of rotatable bonds is 7. The zero-order chi connectivity index (χ0) is 22.3. The molecule has 0 aromatic heterocycles. The van der Waals surface area contributed by atoms with E-state index in [-0.39, 0.29) is 18.2 Å². The molecule has 0 fully saturated rings. The molecular weight excluding hydrogens is 440 g/mol. The molecule has 0 bridgehead atoms. The second kappa shape index (κ2) is 10.4. The maximum atomic E-state index is 12.4. The molecule has 0 unspecified atom stereocenters. The maximum Gasteiger partial charge on any atom is 0.234 e. The molecule has 4 rings (SSSR count). The molecule has 32 heavy (non-hydrogen) atoms. The summed E-state index contributed by atoms with van der Waals surface area (Å²) in [5, 5.41) is 8.64. The Morgan fingerprint density at radius 3 is 2.25 bits per heavy atom. The van der Waals surface area contributed by atoms with E-state index in [4.69, 9.17) is 11.6 Å². The summed E-state index contributed by atoms with van der Waals surface area (Å²) in [6.07, 6.45) is 0.280. The van der Waals surface area contributed by atoms with Crippen LogP contribution in [0.15, 0.2) is 95.9 Å². The van der Waals surface area contributed by atoms with Crippen LogP contribution in [0.25, 0.3) is 10.8 Å².